The van der Waals surface area contributed by atoms with Crippen molar-refractivity contribution < 1.29 is 28.7 Å². The molecule has 2 aromatic rings. The minimum Gasteiger partial charge on any atom is -0.462 e. The number of esters is 2. The van der Waals surface area contributed by atoms with E-state index in [1.54, 1.807) is 27.7 Å². The van der Waals surface area contributed by atoms with Gasteiger partial charge in [-0.3, -0.25) is 24.4 Å². The summed E-state index contributed by atoms with van der Waals surface area (Å²) >= 11 is 0. The molecule has 0 spiro atoms. The maximum atomic E-state index is 13.2. The molecule has 0 saturated heterocycles. The number of nitrogens with two attached hydrogens (primary N) is 1. The van der Waals surface area contributed by atoms with E-state index in [9.17, 15) is 19.2 Å². The lowest BCUT2D eigenvalue weighted by Gasteiger charge is -2.24. The molecule has 0 aliphatic heterocycles. The molecule has 1 aliphatic carbocycles. The molecule has 9 nitrogen and oxygen atoms in total. The van der Waals surface area contributed by atoms with Crippen LogP contribution < -0.4 is 5.73 Å². The summed E-state index contributed by atoms with van der Waals surface area (Å²) < 4.78 is 10.4. The van der Waals surface area contributed by atoms with Gasteiger partial charge in [0.2, 0.25) is 5.78 Å². The van der Waals surface area contributed by atoms with Gasteiger partial charge in [0.05, 0.1) is 23.3 Å². The average Bonchev–Trinajstić information content (AvgIpc) is 2.70. The number of carbonyl (C=O) groups is 4. The fourth-order valence-electron chi connectivity index (χ4n) is 3.26. The predicted octanol–water partition coefficient (Wildman–Crippen LogP) is 1.64. The zero-order valence-corrected chi connectivity index (χ0v) is 17.7. The second-order valence-corrected chi connectivity index (χ2v) is 8.00. The Hall–Kier alpha value is -3.46. The van der Waals surface area contributed by atoms with Crippen molar-refractivity contribution in [3.8, 4) is 0 Å². The second-order valence-electron chi connectivity index (χ2n) is 8.00. The first-order valence-corrected chi connectivity index (χ1v) is 9.77. The van der Waals surface area contributed by atoms with Crippen molar-refractivity contribution in [2.75, 3.05) is 6.61 Å². The normalized spacial score (nSPS) is 13.8. The lowest BCUT2D eigenvalue weighted by Crippen LogP contribution is -2.40. The van der Waals surface area contributed by atoms with Gasteiger partial charge in [0.1, 0.15) is 23.0 Å². The molecule has 1 unspecified atom stereocenters. The molecule has 0 amide bonds. The predicted molar refractivity (Wildman–Crippen MR) is 109 cm³/mol. The van der Waals surface area contributed by atoms with Gasteiger partial charge in [-0.1, -0.05) is 0 Å². The number of carbonyl (C=O) groups excluding carboxylic acids is 4. The van der Waals surface area contributed by atoms with Gasteiger partial charge < -0.3 is 15.2 Å². The summed E-state index contributed by atoms with van der Waals surface area (Å²) in [4.78, 5) is 59.2. The smallest absolute Gasteiger partial charge is 0.339 e. The maximum absolute atomic E-state index is 13.2. The SMILES string of the molecule is CCOC(=O)c1cnc2c(c1CC(N)C(=O)OC(C)(C)C)C(=O)c1cccnc1C2=O. The Bertz CT molecular complexity index is 1090. The number of nitrogens with zero attached hydrogens (tertiary/aromatic N) is 2. The topological polar surface area (TPSA) is 139 Å². The Morgan fingerprint density at radius 2 is 1.84 bits per heavy atom. The average molecular weight is 425 g/mol. The monoisotopic (exact) mass is 425 g/mol. The molecule has 3 rings (SSSR count). The van der Waals surface area contributed by atoms with E-state index in [0.717, 1.165) is 6.20 Å². The zero-order chi connectivity index (χ0) is 22.9. The van der Waals surface area contributed by atoms with Gasteiger partial charge in [0, 0.05) is 12.4 Å². The third-order valence-corrected chi connectivity index (χ3v) is 4.52. The number of rotatable bonds is 5. The molecule has 2 heterocycles. The summed E-state index contributed by atoms with van der Waals surface area (Å²) in [6.45, 7) is 6.81. The lowest BCUT2D eigenvalue weighted by atomic mass is 9.84. The van der Waals surface area contributed by atoms with Crippen molar-refractivity contribution in [1.82, 2.24) is 9.97 Å². The molecular formula is C22H23N3O6. The van der Waals surface area contributed by atoms with E-state index in [-0.39, 0.29) is 46.7 Å². The summed E-state index contributed by atoms with van der Waals surface area (Å²) in [6.07, 6.45) is 2.34. The number of ether oxygens (including phenoxy) is 2. The van der Waals surface area contributed by atoms with Crippen LogP contribution in [0, 0.1) is 0 Å². The van der Waals surface area contributed by atoms with Gasteiger partial charge in [0.15, 0.2) is 5.78 Å². The molecule has 2 N–H and O–H groups in total. The van der Waals surface area contributed by atoms with Crippen molar-refractivity contribution in [2.45, 2.75) is 45.8 Å². The molecule has 1 atom stereocenters. The van der Waals surface area contributed by atoms with Crippen LogP contribution in [0.25, 0.3) is 0 Å². The third-order valence-electron chi connectivity index (χ3n) is 4.52. The Balaban J connectivity index is 2.13. The third kappa shape index (κ3) is 4.36. The molecule has 162 valence electrons. The summed E-state index contributed by atoms with van der Waals surface area (Å²) in [6, 6.07) is 1.82. The Morgan fingerprint density at radius 1 is 1.13 bits per heavy atom. The van der Waals surface area contributed by atoms with E-state index in [0.29, 0.717) is 0 Å². The van der Waals surface area contributed by atoms with Gasteiger partial charge in [-0.25, -0.2) is 4.79 Å². The van der Waals surface area contributed by atoms with E-state index in [1.165, 1.54) is 18.3 Å². The highest BCUT2D eigenvalue weighted by Crippen LogP contribution is 2.30. The molecular weight excluding hydrogens is 402 g/mol. The van der Waals surface area contributed by atoms with Crippen LogP contribution in [-0.2, 0) is 20.7 Å². The van der Waals surface area contributed by atoms with Crippen LogP contribution in [0.2, 0.25) is 0 Å². The first kappa shape index (κ1) is 22.2. The minimum atomic E-state index is -1.18. The van der Waals surface area contributed by atoms with E-state index >= 15 is 0 Å². The number of ketones is 2. The number of hydrogen-bond donors (Lipinski definition) is 1. The van der Waals surface area contributed by atoms with Crippen LogP contribution in [0.15, 0.2) is 24.5 Å². The van der Waals surface area contributed by atoms with Crippen LogP contribution in [0.1, 0.15) is 75.7 Å². The number of fused-ring (bicyclic) bond motifs is 2. The Kier molecular flexibility index (Phi) is 5.99. The Labute approximate surface area is 179 Å². The highest BCUT2D eigenvalue weighted by molar-refractivity contribution is 6.27. The molecule has 0 radical (unpaired) electrons. The van der Waals surface area contributed by atoms with Crippen LogP contribution in [0.5, 0.6) is 0 Å². The summed E-state index contributed by atoms with van der Waals surface area (Å²) in [7, 11) is 0. The van der Waals surface area contributed by atoms with Crippen molar-refractivity contribution >= 4 is 23.5 Å². The first-order valence-electron chi connectivity index (χ1n) is 9.77. The van der Waals surface area contributed by atoms with E-state index in [4.69, 9.17) is 15.2 Å². The van der Waals surface area contributed by atoms with Gasteiger partial charge >= 0.3 is 11.9 Å². The molecule has 0 aromatic carbocycles. The summed E-state index contributed by atoms with van der Waals surface area (Å²) in [5, 5.41) is 0. The van der Waals surface area contributed by atoms with Crippen molar-refractivity contribution in [1.29, 1.82) is 0 Å². The summed E-state index contributed by atoms with van der Waals surface area (Å²) in [5.74, 6) is -2.51. The number of aromatic nitrogens is 2. The molecule has 31 heavy (non-hydrogen) atoms. The maximum Gasteiger partial charge on any atom is 0.339 e. The summed E-state index contributed by atoms with van der Waals surface area (Å²) in [5.41, 5.74) is 5.23. The van der Waals surface area contributed by atoms with Crippen LogP contribution in [-0.4, -0.2) is 51.7 Å². The van der Waals surface area contributed by atoms with E-state index in [1.807, 2.05) is 0 Å². The molecule has 9 heteroatoms. The largest absolute Gasteiger partial charge is 0.462 e. The molecule has 0 saturated carbocycles. The van der Waals surface area contributed by atoms with E-state index in [2.05, 4.69) is 9.97 Å². The van der Waals surface area contributed by atoms with E-state index < -0.39 is 35.1 Å². The van der Waals surface area contributed by atoms with Gasteiger partial charge in [-0.05, 0) is 51.8 Å². The van der Waals surface area contributed by atoms with Crippen molar-refractivity contribution in [2.24, 2.45) is 5.73 Å². The Morgan fingerprint density at radius 3 is 2.48 bits per heavy atom. The van der Waals surface area contributed by atoms with Gasteiger partial charge in [-0.15, -0.1) is 0 Å². The van der Waals surface area contributed by atoms with Gasteiger partial charge in [-0.2, -0.15) is 0 Å². The van der Waals surface area contributed by atoms with Crippen LogP contribution in [0.3, 0.4) is 0 Å². The quantitative estimate of drug-likeness (QED) is 0.604. The van der Waals surface area contributed by atoms with Crippen molar-refractivity contribution in [3.05, 3.63) is 58.2 Å². The molecule has 2 aromatic heterocycles. The minimum absolute atomic E-state index is 0.0150. The van der Waals surface area contributed by atoms with Gasteiger partial charge in [0.25, 0.3) is 0 Å². The fourth-order valence-corrected chi connectivity index (χ4v) is 3.26. The number of pyridine rings is 2. The fraction of sp³-hybridized carbons (Fsp3) is 0.364. The van der Waals surface area contributed by atoms with Crippen LogP contribution >= 0.6 is 0 Å². The zero-order valence-electron chi connectivity index (χ0n) is 17.7. The van der Waals surface area contributed by atoms with Crippen molar-refractivity contribution in [3.63, 3.8) is 0 Å². The second kappa shape index (κ2) is 8.35. The first-order chi connectivity index (χ1) is 14.5. The standard InChI is InChI=1S/C22H23N3O6/c1-5-30-20(28)13-10-25-17-15(12(13)9-14(23)21(29)31-22(2,3)4)18(26)11-7-6-8-24-16(11)19(17)27/h6-8,10,14H,5,9,23H2,1-4H3. The highest BCUT2D eigenvalue weighted by atomic mass is 16.6. The van der Waals surface area contributed by atoms with Crippen LogP contribution in [0.4, 0.5) is 0 Å². The highest BCUT2D eigenvalue weighted by Gasteiger charge is 2.37. The molecule has 0 fully saturated rings. The molecule has 1 aliphatic rings. The lowest BCUT2D eigenvalue weighted by molar-refractivity contribution is -0.156. The number of hydrogen-bond acceptors (Lipinski definition) is 9. The molecule has 0 bridgehead atoms.